The minimum absolute atomic E-state index is 0.0765. The lowest BCUT2D eigenvalue weighted by Crippen LogP contribution is -2.33. The van der Waals surface area contributed by atoms with Crippen molar-refractivity contribution in [1.29, 1.82) is 0 Å². The second-order valence-electron chi connectivity index (χ2n) is 4.13. The molecule has 1 N–H and O–H groups in total. The summed E-state index contributed by atoms with van der Waals surface area (Å²) < 4.78 is 44.1. The van der Waals surface area contributed by atoms with Gasteiger partial charge in [-0.05, 0) is 12.5 Å². The molecule has 3 nitrogen and oxygen atoms in total. The molecule has 1 atom stereocenters. The van der Waals surface area contributed by atoms with Gasteiger partial charge in [-0.1, -0.05) is 30.3 Å². The van der Waals surface area contributed by atoms with E-state index in [4.69, 9.17) is 4.42 Å². The van der Waals surface area contributed by atoms with Crippen LogP contribution in [0.3, 0.4) is 0 Å². The summed E-state index contributed by atoms with van der Waals surface area (Å²) in [6.07, 6.45) is -2.90. The predicted molar refractivity (Wildman–Crippen MR) is 63.3 cm³/mol. The van der Waals surface area contributed by atoms with Crippen LogP contribution in [0.1, 0.15) is 23.3 Å². The summed E-state index contributed by atoms with van der Waals surface area (Å²) in [5.41, 5.74) is 0.165. The minimum atomic E-state index is -4.37. The Morgan fingerprint density at radius 3 is 2.47 bits per heavy atom. The van der Waals surface area contributed by atoms with Crippen LogP contribution in [0.5, 0.6) is 0 Å². The van der Waals surface area contributed by atoms with Crippen molar-refractivity contribution in [1.82, 2.24) is 10.3 Å². The number of oxazole rings is 1. The lowest BCUT2D eigenvalue weighted by Gasteiger charge is -2.21. The van der Waals surface area contributed by atoms with Crippen LogP contribution in [0, 0.1) is 6.92 Å². The normalized spacial score (nSPS) is 13.5. The number of nitrogens with zero attached hydrogens (tertiary/aromatic N) is 1. The highest BCUT2D eigenvalue weighted by molar-refractivity contribution is 5.20. The van der Waals surface area contributed by atoms with Gasteiger partial charge in [-0.3, -0.25) is 5.32 Å². The monoisotopic (exact) mass is 270 g/mol. The van der Waals surface area contributed by atoms with E-state index in [9.17, 15) is 13.2 Å². The van der Waals surface area contributed by atoms with Gasteiger partial charge in [0.1, 0.15) is 11.8 Å². The second kappa shape index (κ2) is 5.44. The number of rotatable bonds is 4. The number of hydrogen-bond acceptors (Lipinski definition) is 3. The molecule has 1 unspecified atom stereocenters. The van der Waals surface area contributed by atoms with Gasteiger partial charge in [0.25, 0.3) is 0 Å². The molecule has 0 spiro atoms. The first-order valence-electron chi connectivity index (χ1n) is 5.73. The van der Waals surface area contributed by atoms with Gasteiger partial charge in [-0.15, -0.1) is 0 Å². The molecule has 0 saturated carbocycles. The van der Waals surface area contributed by atoms with E-state index in [0.29, 0.717) is 5.76 Å². The highest BCUT2D eigenvalue weighted by Crippen LogP contribution is 2.32. The van der Waals surface area contributed by atoms with Gasteiger partial charge >= 0.3 is 6.18 Å². The largest absolute Gasteiger partial charge is 0.445 e. The zero-order valence-corrected chi connectivity index (χ0v) is 10.2. The Kier molecular flexibility index (Phi) is 3.90. The maximum Gasteiger partial charge on any atom is 0.407 e. The fraction of sp³-hybridized carbons (Fsp3) is 0.308. The van der Waals surface area contributed by atoms with Crippen LogP contribution in [0.4, 0.5) is 13.2 Å². The zero-order valence-electron chi connectivity index (χ0n) is 10.2. The van der Waals surface area contributed by atoms with Gasteiger partial charge in [0.2, 0.25) is 5.89 Å². The quantitative estimate of drug-likeness (QED) is 0.925. The van der Waals surface area contributed by atoms with Crippen molar-refractivity contribution in [3.8, 4) is 0 Å². The lowest BCUT2D eigenvalue weighted by molar-refractivity contribution is -0.158. The molecule has 1 heterocycles. The van der Waals surface area contributed by atoms with E-state index in [-0.39, 0.29) is 18.0 Å². The highest BCUT2D eigenvalue weighted by atomic mass is 19.4. The van der Waals surface area contributed by atoms with Crippen LogP contribution in [0.2, 0.25) is 0 Å². The molecule has 0 saturated heterocycles. The number of aryl methyl sites for hydroxylation is 1. The van der Waals surface area contributed by atoms with E-state index in [1.807, 2.05) is 0 Å². The van der Waals surface area contributed by atoms with E-state index in [0.717, 1.165) is 0 Å². The maximum atomic E-state index is 13.0. The topological polar surface area (TPSA) is 38.1 Å². The van der Waals surface area contributed by atoms with Gasteiger partial charge in [0, 0.05) is 0 Å². The zero-order chi connectivity index (χ0) is 13.9. The fourth-order valence-corrected chi connectivity index (χ4v) is 1.74. The van der Waals surface area contributed by atoms with Crippen LogP contribution in [-0.4, -0.2) is 11.2 Å². The molecule has 1 aromatic heterocycles. The van der Waals surface area contributed by atoms with Crippen molar-refractivity contribution in [3.63, 3.8) is 0 Å². The third-order valence-electron chi connectivity index (χ3n) is 2.59. The van der Waals surface area contributed by atoms with Crippen LogP contribution in [0.25, 0.3) is 0 Å². The Hall–Kier alpha value is -1.82. The van der Waals surface area contributed by atoms with Crippen molar-refractivity contribution in [3.05, 3.63) is 53.7 Å². The highest BCUT2D eigenvalue weighted by Gasteiger charge is 2.40. The first-order valence-corrected chi connectivity index (χ1v) is 5.73. The van der Waals surface area contributed by atoms with Gasteiger partial charge in [-0.2, -0.15) is 13.2 Å². The lowest BCUT2D eigenvalue weighted by atomic mass is 10.1. The number of hydrogen-bond donors (Lipinski definition) is 1. The first kappa shape index (κ1) is 13.6. The molecule has 2 rings (SSSR count). The summed E-state index contributed by atoms with van der Waals surface area (Å²) >= 11 is 0. The van der Waals surface area contributed by atoms with Crippen LogP contribution in [0.15, 0.2) is 40.9 Å². The number of aromatic nitrogens is 1. The molecule has 102 valence electrons. The van der Waals surface area contributed by atoms with Crippen LogP contribution in [-0.2, 0) is 6.54 Å². The molecule has 0 aliphatic carbocycles. The van der Waals surface area contributed by atoms with Gasteiger partial charge < -0.3 is 4.42 Å². The Morgan fingerprint density at radius 2 is 1.95 bits per heavy atom. The Morgan fingerprint density at radius 1 is 1.26 bits per heavy atom. The summed E-state index contributed by atoms with van der Waals surface area (Å²) in [7, 11) is 0. The molecule has 0 bridgehead atoms. The SMILES string of the molecule is Cc1cnc(CNC(c2ccccc2)C(F)(F)F)o1. The van der Waals surface area contributed by atoms with Crippen LogP contribution >= 0.6 is 0 Å². The maximum absolute atomic E-state index is 13.0. The molecule has 0 aliphatic heterocycles. The van der Waals surface area contributed by atoms with E-state index >= 15 is 0 Å². The standard InChI is InChI=1S/C13H13F3N2O/c1-9-7-17-11(19-9)8-18-12(13(14,15)16)10-5-3-2-4-6-10/h2-7,12,18H,8H2,1H3. The minimum Gasteiger partial charge on any atom is -0.445 e. The van der Waals surface area contributed by atoms with Gasteiger partial charge in [0.05, 0.1) is 12.7 Å². The van der Waals surface area contributed by atoms with Crippen molar-refractivity contribution in [2.24, 2.45) is 0 Å². The average molecular weight is 270 g/mol. The molecule has 0 aliphatic rings. The smallest absolute Gasteiger partial charge is 0.407 e. The molecule has 0 amide bonds. The molecule has 1 aromatic carbocycles. The average Bonchev–Trinajstić information content (AvgIpc) is 2.75. The molecular weight excluding hydrogens is 257 g/mol. The first-order chi connectivity index (χ1) is 8.97. The Labute approximate surface area is 108 Å². The summed E-state index contributed by atoms with van der Waals surface area (Å²) in [6.45, 7) is 1.61. The van der Waals surface area contributed by atoms with Gasteiger partial charge in [0.15, 0.2) is 0 Å². The summed E-state index contributed by atoms with van der Waals surface area (Å²) in [5, 5.41) is 2.42. The summed E-state index contributed by atoms with van der Waals surface area (Å²) in [6, 6.07) is 5.96. The number of alkyl halides is 3. The van der Waals surface area contributed by atoms with Crippen LogP contribution < -0.4 is 5.32 Å². The van der Waals surface area contributed by atoms with Crippen molar-refractivity contribution >= 4 is 0 Å². The van der Waals surface area contributed by atoms with E-state index < -0.39 is 12.2 Å². The molecule has 2 aromatic rings. The number of halogens is 3. The Balaban J connectivity index is 2.11. The third-order valence-corrected chi connectivity index (χ3v) is 2.59. The summed E-state index contributed by atoms with van der Waals surface area (Å²) in [4.78, 5) is 3.87. The molecule has 0 fully saturated rings. The predicted octanol–water partition coefficient (Wildman–Crippen LogP) is 3.38. The van der Waals surface area contributed by atoms with Crippen molar-refractivity contribution in [2.75, 3.05) is 0 Å². The molecule has 19 heavy (non-hydrogen) atoms. The van der Waals surface area contributed by atoms with Crippen molar-refractivity contribution in [2.45, 2.75) is 25.7 Å². The summed E-state index contributed by atoms with van der Waals surface area (Å²) in [5.74, 6) is 0.808. The van der Waals surface area contributed by atoms with E-state index in [1.165, 1.54) is 18.3 Å². The third kappa shape index (κ3) is 3.57. The number of benzene rings is 1. The molecular formula is C13H13F3N2O. The molecule has 0 radical (unpaired) electrons. The van der Waals surface area contributed by atoms with Crippen molar-refractivity contribution < 1.29 is 17.6 Å². The fourth-order valence-electron chi connectivity index (χ4n) is 1.74. The van der Waals surface area contributed by atoms with Gasteiger partial charge in [-0.25, -0.2) is 4.98 Å². The number of nitrogens with one attached hydrogen (secondary N) is 1. The van der Waals surface area contributed by atoms with E-state index in [1.54, 1.807) is 25.1 Å². The molecule has 6 heteroatoms. The Bertz CT molecular complexity index is 522. The van der Waals surface area contributed by atoms with E-state index in [2.05, 4.69) is 10.3 Å². The second-order valence-corrected chi connectivity index (χ2v) is 4.13.